The zero-order valence-electron chi connectivity index (χ0n) is 14.3. The van der Waals surface area contributed by atoms with Crippen molar-refractivity contribution in [3.63, 3.8) is 0 Å². The summed E-state index contributed by atoms with van der Waals surface area (Å²) < 4.78 is 5.83. The number of urea groups is 1. The molecule has 4 nitrogen and oxygen atoms in total. The third-order valence-electron chi connectivity index (χ3n) is 4.09. The molecule has 3 rings (SSSR count). The van der Waals surface area contributed by atoms with Gasteiger partial charge in [0, 0.05) is 18.0 Å². The number of furan rings is 1. The fourth-order valence-electron chi connectivity index (χ4n) is 2.49. The summed E-state index contributed by atoms with van der Waals surface area (Å²) in [5.74, 6) is 6.73. The van der Waals surface area contributed by atoms with Gasteiger partial charge >= 0.3 is 6.03 Å². The highest BCUT2D eigenvalue weighted by molar-refractivity contribution is 5.78. The average Bonchev–Trinajstić information content (AvgIpc) is 3.09. The summed E-state index contributed by atoms with van der Waals surface area (Å²) in [6, 6.07) is 19.1. The number of rotatable bonds is 3. The minimum Gasteiger partial charge on any atom is -0.459 e. The Morgan fingerprint density at radius 3 is 2.64 bits per heavy atom. The molecule has 1 aromatic heterocycles. The number of fused-ring (bicyclic) bond motifs is 1. The summed E-state index contributed by atoms with van der Waals surface area (Å²) in [6.45, 7) is 2.23. The summed E-state index contributed by atoms with van der Waals surface area (Å²) >= 11 is 0. The Hall–Kier alpha value is -3.19. The highest BCUT2D eigenvalue weighted by atomic mass is 16.3. The monoisotopic (exact) mass is 332 g/mol. The van der Waals surface area contributed by atoms with Crippen LogP contribution in [0.4, 0.5) is 4.79 Å². The Bertz CT molecular complexity index is 886. The molecular formula is C21H20N2O2. The lowest BCUT2D eigenvalue weighted by Crippen LogP contribution is -2.38. The van der Waals surface area contributed by atoms with Crippen LogP contribution < -0.4 is 5.32 Å². The Labute approximate surface area is 147 Å². The normalized spacial score (nSPS) is 11.4. The molecule has 2 amide bonds. The number of amides is 2. The second-order valence-corrected chi connectivity index (χ2v) is 5.80. The van der Waals surface area contributed by atoms with Crippen molar-refractivity contribution in [3.8, 4) is 11.8 Å². The van der Waals surface area contributed by atoms with E-state index in [9.17, 15) is 4.79 Å². The predicted molar refractivity (Wildman–Crippen MR) is 99.1 cm³/mol. The number of benzene rings is 2. The Morgan fingerprint density at radius 2 is 1.88 bits per heavy atom. The van der Waals surface area contributed by atoms with Crippen molar-refractivity contribution in [2.75, 3.05) is 13.6 Å². The van der Waals surface area contributed by atoms with E-state index in [0.717, 1.165) is 22.3 Å². The first-order valence-electron chi connectivity index (χ1n) is 8.18. The van der Waals surface area contributed by atoms with Crippen LogP contribution in [0.1, 0.15) is 24.3 Å². The maximum absolute atomic E-state index is 12.3. The van der Waals surface area contributed by atoms with Crippen molar-refractivity contribution in [1.82, 2.24) is 10.2 Å². The largest absolute Gasteiger partial charge is 0.459 e. The molecule has 0 spiro atoms. The van der Waals surface area contributed by atoms with E-state index in [1.54, 1.807) is 11.9 Å². The van der Waals surface area contributed by atoms with Crippen LogP contribution in [0, 0.1) is 11.8 Å². The zero-order chi connectivity index (χ0) is 17.6. The molecular weight excluding hydrogens is 312 g/mol. The highest BCUT2D eigenvalue weighted by Gasteiger charge is 2.20. The van der Waals surface area contributed by atoms with Gasteiger partial charge in [-0.25, -0.2) is 4.79 Å². The van der Waals surface area contributed by atoms with Crippen LogP contribution in [0.15, 0.2) is 65.1 Å². The number of carbonyl (C=O) groups excluding carboxylic acids is 1. The first-order valence-corrected chi connectivity index (χ1v) is 8.18. The molecule has 4 heteroatoms. The van der Waals surface area contributed by atoms with Gasteiger partial charge in [-0.05, 0) is 31.2 Å². The van der Waals surface area contributed by atoms with Gasteiger partial charge in [-0.2, -0.15) is 0 Å². The molecule has 0 aliphatic carbocycles. The molecule has 1 atom stereocenters. The van der Waals surface area contributed by atoms with E-state index in [1.165, 1.54) is 0 Å². The number of nitrogens with zero attached hydrogens (tertiary/aromatic N) is 1. The lowest BCUT2D eigenvalue weighted by Gasteiger charge is -2.23. The van der Waals surface area contributed by atoms with Crippen molar-refractivity contribution < 1.29 is 9.21 Å². The molecule has 126 valence electrons. The molecule has 0 aliphatic heterocycles. The summed E-state index contributed by atoms with van der Waals surface area (Å²) in [4.78, 5) is 13.9. The zero-order valence-corrected chi connectivity index (χ0v) is 14.3. The van der Waals surface area contributed by atoms with Gasteiger partial charge in [0.05, 0.1) is 12.6 Å². The van der Waals surface area contributed by atoms with Crippen LogP contribution in [-0.4, -0.2) is 24.5 Å². The van der Waals surface area contributed by atoms with Gasteiger partial charge in [-0.15, -0.1) is 0 Å². The quantitative estimate of drug-likeness (QED) is 0.731. The van der Waals surface area contributed by atoms with Gasteiger partial charge in [0.25, 0.3) is 0 Å². The van der Waals surface area contributed by atoms with E-state index in [1.807, 2.05) is 67.6 Å². The fourth-order valence-corrected chi connectivity index (χ4v) is 2.49. The molecule has 0 bridgehead atoms. The number of para-hydroxylation sites is 1. The molecule has 25 heavy (non-hydrogen) atoms. The summed E-state index contributed by atoms with van der Waals surface area (Å²) in [7, 11) is 1.75. The average molecular weight is 332 g/mol. The lowest BCUT2D eigenvalue weighted by atomic mass is 10.2. The number of hydrogen-bond acceptors (Lipinski definition) is 2. The maximum atomic E-state index is 12.3. The Kier molecular flexibility index (Phi) is 5.06. The SMILES string of the molecule is CC(c1cc2ccccc2o1)N(C)C(=O)NCC#Cc1ccccc1. The Balaban J connectivity index is 1.59. The second-order valence-electron chi connectivity index (χ2n) is 5.80. The van der Waals surface area contributed by atoms with Crippen molar-refractivity contribution in [2.24, 2.45) is 0 Å². The molecule has 1 N–H and O–H groups in total. The Morgan fingerprint density at radius 1 is 1.16 bits per heavy atom. The molecule has 0 aliphatic rings. The third kappa shape index (κ3) is 4.02. The van der Waals surface area contributed by atoms with Crippen LogP contribution in [0.25, 0.3) is 11.0 Å². The van der Waals surface area contributed by atoms with Crippen LogP contribution in [0.2, 0.25) is 0 Å². The van der Waals surface area contributed by atoms with Crippen LogP contribution >= 0.6 is 0 Å². The highest BCUT2D eigenvalue weighted by Crippen LogP contribution is 2.26. The lowest BCUT2D eigenvalue weighted by molar-refractivity contribution is 0.189. The number of hydrogen-bond donors (Lipinski definition) is 1. The fraction of sp³-hybridized carbons (Fsp3) is 0.190. The van der Waals surface area contributed by atoms with Gasteiger partial charge in [-0.3, -0.25) is 0 Å². The summed E-state index contributed by atoms with van der Waals surface area (Å²) in [6.07, 6.45) is 0. The van der Waals surface area contributed by atoms with Crippen molar-refractivity contribution in [3.05, 3.63) is 72.0 Å². The van der Waals surface area contributed by atoms with E-state index in [-0.39, 0.29) is 12.1 Å². The minimum atomic E-state index is -0.185. The van der Waals surface area contributed by atoms with E-state index < -0.39 is 0 Å². The van der Waals surface area contributed by atoms with Crippen LogP contribution in [-0.2, 0) is 0 Å². The van der Waals surface area contributed by atoms with Crippen molar-refractivity contribution in [1.29, 1.82) is 0 Å². The first kappa shape index (κ1) is 16.7. The molecule has 0 saturated heterocycles. The predicted octanol–water partition coefficient (Wildman–Crippen LogP) is 4.19. The van der Waals surface area contributed by atoms with E-state index in [2.05, 4.69) is 17.2 Å². The smallest absolute Gasteiger partial charge is 0.318 e. The topological polar surface area (TPSA) is 45.5 Å². The van der Waals surface area contributed by atoms with Crippen molar-refractivity contribution >= 4 is 17.0 Å². The van der Waals surface area contributed by atoms with Crippen LogP contribution in [0.5, 0.6) is 0 Å². The van der Waals surface area contributed by atoms with E-state index in [0.29, 0.717) is 6.54 Å². The standard InChI is InChI=1S/C21H20N2O2/c1-16(20-15-18-12-6-7-13-19(18)25-20)23(2)21(24)22-14-8-11-17-9-4-3-5-10-17/h3-7,9-10,12-13,15-16H,14H2,1-2H3,(H,22,24). The van der Waals surface area contributed by atoms with Crippen LogP contribution in [0.3, 0.4) is 0 Å². The third-order valence-corrected chi connectivity index (χ3v) is 4.09. The molecule has 0 saturated carbocycles. The molecule has 0 radical (unpaired) electrons. The molecule has 2 aromatic carbocycles. The number of carbonyl (C=O) groups is 1. The van der Waals surface area contributed by atoms with Crippen molar-refractivity contribution in [2.45, 2.75) is 13.0 Å². The first-order chi connectivity index (χ1) is 12.1. The number of nitrogens with one attached hydrogen (secondary N) is 1. The van der Waals surface area contributed by atoms with E-state index in [4.69, 9.17) is 4.42 Å². The minimum absolute atomic E-state index is 0.172. The molecule has 0 fully saturated rings. The van der Waals surface area contributed by atoms with E-state index >= 15 is 0 Å². The van der Waals surface area contributed by atoms with Gasteiger partial charge in [0.1, 0.15) is 11.3 Å². The van der Waals surface area contributed by atoms with Gasteiger partial charge in [-0.1, -0.05) is 48.2 Å². The summed E-state index contributed by atoms with van der Waals surface area (Å²) in [5, 5.41) is 3.84. The second kappa shape index (κ2) is 7.59. The van der Waals surface area contributed by atoms with Gasteiger partial charge < -0.3 is 14.6 Å². The molecule has 1 unspecified atom stereocenters. The molecule has 1 heterocycles. The summed E-state index contributed by atoms with van der Waals surface area (Å²) in [5.41, 5.74) is 1.76. The van der Waals surface area contributed by atoms with Gasteiger partial charge in [0.2, 0.25) is 0 Å². The van der Waals surface area contributed by atoms with Gasteiger partial charge in [0.15, 0.2) is 0 Å². The molecule has 3 aromatic rings. The maximum Gasteiger partial charge on any atom is 0.318 e.